The molecule has 1 aromatic rings. The summed E-state index contributed by atoms with van der Waals surface area (Å²) in [5, 5.41) is 6.52. The average molecular weight is 308 g/mol. The number of aliphatic imine (C=N–C) groups is 1. The summed E-state index contributed by atoms with van der Waals surface area (Å²) >= 11 is 0. The normalized spacial score (nSPS) is 11.8. The molecule has 0 saturated heterocycles. The molecule has 2 N–H and O–H groups in total. The van der Waals surface area contributed by atoms with Crippen molar-refractivity contribution < 1.29 is 4.39 Å². The third-order valence-corrected chi connectivity index (χ3v) is 3.58. The van der Waals surface area contributed by atoms with Gasteiger partial charge in [-0.25, -0.2) is 4.39 Å². The summed E-state index contributed by atoms with van der Waals surface area (Å²) in [4.78, 5) is 6.59. The number of benzene rings is 1. The van der Waals surface area contributed by atoms with E-state index in [2.05, 4.69) is 34.4 Å². The van der Waals surface area contributed by atoms with Crippen LogP contribution in [0.2, 0.25) is 0 Å². The number of hydrogen-bond acceptors (Lipinski definition) is 2. The summed E-state index contributed by atoms with van der Waals surface area (Å²) in [5.41, 5.74) is 0.727. The molecule has 0 aromatic heterocycles. The maximum Gasteiger partial charge on any atom is 0.191 e. The number of guanidine groups is 1. The van der Waals surface area contributed by atoms with Crippen LogP contribution in [0.15, 0.2) is 29.3 Å². The van der Waals surface area contributed by atoms with Gasteiger partial charge in [0.2, 0.25) is 0 Å². The van der Waals surface area contributed by atoms with Crippen molar-refractivity contribution in [3.8, 4) is 0 Å². The van der Waals surface area contributed by atoms with E-state index >= 15 is 0 Å². The van der Waals surface area contributed by atoms with E-state index in [1.54, 1.807) is 13.1 Å². The van der Waals surface area contributed by atoms with Crippen LogP contribution in [0.25, 0.3) is 0 Å². The molecule has 1 aromatic carbocycles. The smallest absolute Gasteiger partial charge is 0.191 e. The lowest BCUT2D eigenvalue weighted by Gasteiger charge is -2.20. The van der Waals surface area contributed by atoms with Crippen molar-refractivity contribution in [2.24, 2.45) is 4.99 Å². The summed E-state index contributed by atoms with van der Waals surface area (Å²) in [5.74, 6) is 0.620. The van der Waals surface area contributed by atoms with Crippen LogP contribution in [0.1, 0.15) is 25.8 Å². The Kier molecular flexibility index (Phi) is 9.23. The van der Waals surface area contributed by atoms with Gasteiger partial charge in [-0.05, 0) is 37.6 Å². The molecule has 0 atom stereocenters. The van der Waals surface area contributed by atoms with Crippen LogP contribution in [0, 0.1) is 5.82 Å². The average Bonchev–Trinajstić information content (AvgIpc) is 2.54. The molecule has 0 spiro atoms. The highest BCUT2D eigenvalue weighted by Crippen LogP contribution is 2.05. The first-order valence-corrected chi connectivity index (χ1v) is 8.11. The number of likely N-dealkylation sites (N-methyl/N-ethyl adjacent to an activating group) is 1. The van der Waals surface area contributed by atoms with Gasteiger partial charge in [0.25, 0.3) is 0 Å². The molecule has 22 heavy (non-hydrogen) atoms. The van der Waals surface area contributed by atoms with Crippen LogP contribution in [0.5, 0.6) is 0 Å². The fraction of sp³-hybridized carbons (Fsp3) is 0.588. The molecule has 0 aliphatic rings. The van der Waals surface area contributed by atoms with Gasteiger partial charge in [-0.1, -0.05) is 32.0 Å². The molecule has 0 unspecified atom stereocenters. The quantitative estimate of drug-likeness (QED) is 0.543. The Morgan fingerprint density at radius 2 is 1.86 bits per heavy atom. The molecular formula is C17H29FN4. The predicted octanol–water partition coefficient (Wildman–Crippen LogP) is 2.27. The second-order valence-corrected chi connectivity index (χ2v) is 5.20. The van der Waals surface area contributed by atoms with E-state index < -0.39 is 0 Å². The zero-order valence-electron chi connectivity index (χ0n) is 14.0. The molecule has 0 bridgehead atoms. The summed E-state index contributed by atoms with van der Waals surface area (Å²) in [7, 11) is 1.75. The van der Waals surface area contributed by atoms with E-state index in [1.807, 2.05) is 12.1 Å². The maximum atomic E-state index is 13.5. The van der Waals surface area contributed by atoms with Crippen molar-refractivity contribution in [1.29, 1.82) is 0 Å². The topological polar surface area (TPSA) is 39.7 Å². The number of nitrogens with zero attached hydrogens (tertiary/aromatic N) is 2. The van der Waals surface area contributed by atoms with Crippen LogP contribution in [0.3, 0.4) is 0 Å². The van der Waals surface area contributed by atoms with E-state index in [4.69, 9.17) is 0 Å². The molecular weight excluding hydrogens is 279 g/mol. The van der Waals surface area contributed by atoms with Crippen molar-refractivity contribution in [3.05, 3.63) is 35.6 Å². The highest BCUT2D eigenvalue weighted by atomic mass is 19.1. The molecule has 0 aliphatic heterocycles. The zero-order chi connectivity index (χ0) is 16.2. The molecule has 4 nitrogen and oxygen atoms in total. The zero-order valence-corrected chi connectivity index (χ0v) is 14.0. The van der Waals surface area contributed by atoms with Crippen LogP contribution in [0.4, 0.5) is 4.39 Å². The van der Waals surface area contributed by atoms with Crippen LogP contribution >= 0.6 is 0 Å². The Morgan fingerprint density at radius 1 is 1.14 bits per heavy atom. The van der Waals surface area contributed by atoms with E-state index in [9.17, 15) is 4.39 Å². The van der Waals surface area contributed by atoms with Crippen molar-refractivity contribution in [2.75, 3.05) is 39.8 Å². The molecule has 124 valence electrons. The van der Waals surface area contributed by atoms with E-state index in [0.29, 0.717) is 13.0 Å². The fourth-order valence-electron chi connectivity index (χ4n) is 2.31. The molecule has 0 amide bonds. The minimum absolute atomic E-state index is 0.148. The van der Waals surface area contributed by atoms with Crippen molar-refractivity contribution in [3.63, 3.8) is 0 Å². The summed E-state index contributed by atoms with van der Waals surface area (Å²) in [6.45, 7) is 9.07. The van der Waals surface area contributed by atoms with Crippen LogP contribution in [-0.2, 0) is 6.42 Å². The number of hydrogen-bond donors (Lipinski definition) is 2. The van der Waals surface area contributed by atoms with Gasteiger partial charge in [0.15, 0.2) is 5.96 Å². The first-order valence-electron chi connectivity index (χ1n) is 8.11. The Hall–Kier alpha value is -1.62. The van der Waals surface area contributed by atoms with Gasteiger partial charge < -0.3 is 15.5 Å². The third-order valence-electron chi connectivity index (χ3n) is 3.58. The first-order chi connectivity index (χ1) is 10.7. The standard InChI is InChI=1S/C17H29FN4/c1-4-13-22(5-2)14-12-21-17(19-3)20-11-10-15-8-6-7-9-16(15)18/h6-9H,4-5,10-14H2,1-3H3,(H2,19,20,21). The predicted molar refractivity (Wildman–Crippen MR) is 91.9 cm³/mol. The lowest BCUT2D eigenvalue weighted by atomic mass is 10.1. The highest BCUT2D eigenvalue weighted by molar-refractivity contribution is 5.79. The van der Waals surface area contributed by atoms with Crippen molar-refractivity contribution in [2.45, 2.75) is 26.7 Å². The van der Waals surface area contributed by atoms with E-state index in [-0.39, 0.29) is 5.82 Å². The van der Waals surface area contributed by atoms with Crippen LogP contribution < -0.4 is 10.6 Å². The Balaban J connectivity index is 2.27. The molecule has 1 rings (SSSR count). The minimum atomic E-state index is -0.148. The largest absolute Gasteiger partial charge is 0.356 e. The summed E-state index contributed by atoms with van der Waals surface area (Å²) in [6.07, 6.45) is 1.81. The minimum Gasteiger partial charge on any atom is -0.356 e. The Labute approximate surface area is 133 Å². The second-order valence-electron chi connectivity index (χ2n) is 5.20. The lowest BCUT2D eigenvalue weighted by Crippen LogP contribution is -2.42. The summed E-state index contributed by atoms with van der Waals surface area (Å²) < 4.78 is 13.5. The van der Waals surface area contributed by atoms with Gasteiger partial charge in [-0.15, -0.1) is 0 Å². The number of nitrogens with one attached hydrogen (secondary N) is 2. The fourth-order valence-corrected chi connectivity index (χ4v) is 2.31. The molecule has 0 fully saturated rings. The maximum absolute atomic E-state index is 13.5. The number of halogens is 1. The molecule has 0 radical (unpaired) electrons. The SMILES string of the molecule is CCCN(CC)CCNC(=NC)NCCc1ccccc1F. The monoisotopic (exact) mass is 308 g/mol. The molecule has 5 heteroatoms. The summed E-state index contributed by atoms with van der Waals surface area (Å²) in [6, 6.07) is 6.88. The highest BCUT2D eigenvalue weighted by Gasteiger charge is 2.03. The second kappa shape index (κ2) is 11.0. The van der Waals surface area contributed by atoms with Crippen LogP contribution in [-0.4, -0.2) is 50.6 Å². The van der Waals surface area contributed by atoms with E-state index in [1.165, 1.54) is 12.5 Å². The van der Waals surface area contributed by atoms with Crippen molar-refractivity contribution >= 4 is 5.96 Å². The third kappa shape index (κ3) is 6.89. The number of rotatable bonds is 9. The first kappa shape index (κ1) is 18.4. The van der Waals surface area contributed by atoms with E-state index in [0.717, 1.165) is 37.7 Å². The molecule has 0 aliphatic carbocycles. The Bertz CT molecular complexity index is 448. The van der Waals surface area contributed by atoms with Gasteiger partial charge in [0, 0.05) is 26.7 Å². The van der Waals surface area contributed by atoms with Crippen molar-refractivity contribution in [1.82, 2.24) is 15.5 Å². The van der Waals surface area contributed by atoms with Gasteiger partial charge in [0.05, 0.1) is 0 Å². The van der Waals surface area contributed by atoms with Gasteiger partial charge in [-0.2, -0.15) is 0 Å². The van der Waals surface area contributed by atoms with Gasteiger partial charge in [0.1, 0.15) is 5.82 Å². The van der Waals surface area contributed by atoms with Gasteiger partial charge >= 0.3 is 0 Å². The Morgan fingerprint density at radius 3 is 2.50 bits per heavy atom. The lowest BCUT2D eigenvalue weighted by molar-refractivity contribution is 0.293. The van der Waals surface area contributed by atoms with Gasteiger partial charge in [-0.3, -0.25) is 4.99 Å². The molecule has 0 heterocycles. The molecule has 0 saturated carbocycles.